The molecule has 134 valence electrons. The summed E-state index contributed by atoms with van der Waals surface area (Å²) in [5, 5.41) is 10.2. The number of ether oxygens (including phenoxy) is 1. The lowest BCUT2D eigenvalue weighted by atomic mass is 9.46. The van der Waals surface area contributed by atoms with E-state index in [0.717, 1.165) is 23.8 Å². The molecule has 5 fully saturated rings. The van der Waals surface area contributed by atoms with Crippen LogP contribution in [0.25, 0.3) is 0 Å². The van der Waals surface area contributed by atoms with Gasteiger partial charge in [0.25, 0.3) is 5.79 Å². The van der Waals surface area contributed by atoms with Gasteiger partial charge in [0.1, 0.15) is 5.75 Å². The molecule has 2 spiro atoms. The van der Waals surface area contributed by atoms with Crippen molar-refractivity contribution in [3.8, 4) is 5.75 Å². The highest BCUT2D eigenvalue weighted by Gasteiger charge is 2.78. The number of rotatable bonds is 0. The fourth-order valence-electron chi connectivity index (χ4n) is 7.09. The van der Waals surface area contributed by atoms with Crippen LogP contribution in [0.5, 0.6) is 5.75 Å². The molecule has 4 heteroatoms. The Bertz CT molecular complexity index is 726. The first-order valence-electron chi connectivity index (χ1n) is 9.81. The fraction of sp³-hybridized carbons (Fsp3) is 0.714. The Balaban J connectivity index is 1.55. The number of hydrogen-bond acceptors (Lipinski definition) is 4. The van der Waals surface area contributed by atoms with Crippen LogP contribution in [0.1, 0.15) is 57.1 Å². The molecular weight excluding hydrogens is 316 g/mol. The van der Waals surface area contributed by atoms with Crippen LogP contribution < -0.4 is 0 Å². The molecule has 4 saturated carbocycles. The summed E-state index contributed by atoms with van der Waals surface area (Å²) in [4.78, 5) is 12.0. The zero-order valence-electron chi connectivity index (χ0n) is 15.0. The van der Waals surface area contributed by atoms with E-state index < -0.39 is 5.79 Å². The molecule has 25 heavy (non-hydrogen) atoms. The van der Waals surface area contributed by atoms with Gasteiger partial charge in [0, 0.05) is 12.0 Å². The average molecular weight is 342 g/mol. The molecule has 7 rings (SSSR count). The van der Waals surface area contributed by atoms with Gasteiger partial charge in [-0.1, -0.05) is 6.07 Å². The van der Waals surface area contributed by atoms with E-state index >= 15 is 0 Å². The second kappa shape index (κ2) is 4.41. The van der Waals surface area contributed by atoms with Crippen molar-refractivity contribution in [1.82, 2.24) is 0 Å². The maximum atomic E-state index is 10.2. The Hall–Kier alpha value is -1.10. The number of aromatic hydroxyl groups is 1. The first-order valence-corrected chi connectivity index (χ1v) is 9.81. The van der Waals surface area contributed by atoms with E-state index in [1.54, 1.807) is 6.07 Å². The smallest absolute Gasteiger partial charge is 0.261 e. The highest BCUT2D eigenvalue weighted by Crippen LogP contribution is 2.71. The third-order valence-corrected chi connectivity index (χ3v) is 7.65. The van der Waals surface area contributed by atoms with Gasteiger partial charge in [0.15, 0.2) is 5.60 Å². The lowest BCUT2D eigenvalue weighted by molar-refractivity contribution is -0.657. The van der Waals surface area contributed by atoms with E-state index in [-0.39, 0.29) is 17.0 Å². The molecule has 1 aromatic rings. The van der Waals surface area contributed by atoms with Gasteiger partial charge in [-0.15, -0.1) is 0 Å². The molecule has 4 nitrogen and oxygen atoms in total. The third kappa shape index (κ3) is 1.69. The Kier molecular flexibility index (Phi) is 2.65. The van der Waals surface area contributed by atoms with E-state index in [1.807, 2.05) is 12.1 Å². The van der Waals surface area contributed by atoms with Crippen molar-refractivity contribution in [3.63, 3.8) is 0 Å². The first-order chi connectivity index (χ1) is 11.9. The van der Waals surface area contributed by atoms with Gasteiger partial charge in [-0.05, 0) is 87.3 Å². The number of fused-ring (bicyclic) bond motifs is 2. The molecule has 1 unspecified atom stereocenters. The van der Waals surface area contributed by atoms with E-state index in [4.69, 9.17) is 14.5 Å². The molecule has 0 radical (unpaired) electrons. The van der Waals surface area contributed by atoms with Crippen molar-refractivity contribution < 1.29 is 19.6 Å². The maximum Gasteiger partial charge on any atom is 0.261 e. The zero-order valence-corrected chi connectivity index (χ0v) is 15.0. The summed E-state index contributed by atoms with van der Waals surface area (Å²) in [6.07, 6.45) is 7.16. The zero-order chi connectivity index (χ0) is 17.0. The predicted octanol–water partition coefficient (Wildman–Crippen LogP) is 4.05. The van der Waals surface area contributed by atoms with Gasteiger partial charge in [-0.25, -0.2) is 4.89 Å². The minimum atomic E-state index is -0.856. The minimum absolute atomic E-state index is 0.274. The summed E-state index contributed by atoms with van der Waals surface area (Å²) in [6, 6.07) is 5.65. The Morgan fingerprint density at radius 2 is 1.64 bits per heavy atom. The molecular formula is C21H26O4. The summed E-state index contributed by atoms with van der Waals surface area (Å²) in [5.41, 5.74) is 1.52. The van der Waals surface area contributed by atoms with E-state index in [2.05, 4.69) is 13.8 Å². The SMILES string of the molecule is CC1(C)Cc2ccc(O)cc2C2(OOC23C2CC4CC(C2)CC3C4)O1. The van der Waals surface area contributed by atoms with Gasteiger partial charge >= 0.3 is 0 Å². The van der Waals surface area contributed by atoms with E-state index in [0.29, 0.717) is 11.8 Å². The summed E-state index contributed by atoms with van der Waals surface area (Å²) in [7, 11) is 0. The predicted molar refractivity (Wildman–Crippen MR) is 90.6 cm³/mol. The maximum absolute atomic E-state index is 10.2. The van der Waals surface area contributed by atoms with Gasteiger partial charge in [-0.2, -0.15) is 4.89 Å². The van der Waals surface area contributed by atoms with Gasteiger partial charge < -0.3 is 9.84 Å². The number of hydrogen-bond donors (Lipinski definition) is 1. The summed E-state index contributed by atoms with van der Waals surface area (Å²) >= 11 is 0. The lowest BCUT2D eigenvalue weighted by Gasteiger charge is -2.70. The van der Waals surface area contributed by atoms with Crippen LogP contribution >= 0.6 is 0 Å². The fourth-order valence-corrected chi connectivity index (χ4v) is 7.09. The Labute approximate surface area is 148 Å². The van der Waals surface area contributed by atoms with Crippen molar-refractivity contribution in [2.24, 2.45) is 23.7 Å². The minimum Gasteiger partial charge on any atom is -0.508 e. The molecule has 6 aliphatic rings. The largest absolute Gasteiger partial charge is 0.508 e. The molecule has 1 atom stereocenters. The van der Waals surface area contributed by atoms with Crippen LogP contribution in [-0.4, -0.2) is 16.3 Å². The first kappa shape index (κ1) is 15.0. The molecule has 1 N–H and O–H groups in total. The molecule has 4 aliphatic carbocycles. The Morgan fingerprint density at radius 3 is 2.24 bits per heavy atom. The number of phenolic OH excluding ortho intramolecular Hbond substituents is 1. The lowest BCUT2D eigenvalue weighted by Crippen LogP contribution is -2.78. The van der Waals surface area contributed by atoms with Crippen LogP contribution in [-0.2, 0) is 26.7 Å². The molecule has 1 aromatic carbocycles. The number of benzene rings is 1. The molecule has 2 aliphatic heterocycles. The molecule has 1 saturated heterocycles. The van der Waals surface area contributed by atoms with E-state index in [9.17, 15) is 5.11 Å². The van der Waals surface area contributed by atoms with Crippen LogP contribution in [0.4, 0.5) is 0 Å². The summed E-state index contributed by atoms with van der Waals surface area (Å²) in [5.74, 6) is 2.13. The molecule has 0 amide bonds. The second-order valence-electron chi connectivity index (χ2n) is 9.76. The van der Waals surface area contributed by atoms with Crippen molar-refractivity contribution in [2.75, 3.05) is 0 Å². The van der Waals surface area contributed by atoms with Crippen molar-refractivity contribution >= 4 is 0 Å². The monoisotopic (exact) mass is 342 g/mol. The Morgan fingerprint density at radius 1 is 0.960 bits per heavy atom. The molecule has 4 bridgehead atoms. The van der Waals surface area contributed by atoms with Crippen LogP contribution in [0.2, 0.25) is 0 Å². The van der Waals surface area contributed by atoms with Crippen molar-refractivity contribution in [3.05, 3.63) is 29.3 Å². The molecule has 0 aromatic heterocycles. The summed E-state index contributed by atoms with van der Waals surface area (Å²) < 4.78 is 6.70. The van der Waals surface area contributed by atoms with Crippen LogP contribution in [0, 0.1) is 23.7 Å². The van der Waals surface area contributed by atoms with E-state index in [1.165, 1.54) is 37.7 Å². The quantitative estimate of drug-likeness (QED) is 0.723. The van der Waals surface area contributed by atoms with Gasteiger partial charge in [0.2, 0.25) is 0 Å². The van der Waals surface area contributed by atoms with Gasteiger partial charge in [-0.3, -0.25) is 0 Å². The summed E-state index contributed by atoms with van der Waals surface area (Å²) in [6.45, 7) is 4.27. The molecule has 2 heterocycles. The highest BCUT2D eigenvalue weighted by molar-refractivity contribution is 5.43. The van der Waals surface area contributed by atoms with Crippen LogP contribution in [0.15, 0.2) is 18.2 Å². The normalized spacial score (nSPS) is 48.6. The topological polar surface area (TPSA) is 47.9 Å². The van der Waals surface area contributed by atoms with Gasteiger partial charge in [0.05, 0.1) is 5.60 Å². The average Bonchev–Trinajstić information content (AvgIpc) is 2.52. The standard InChI is InChI=1S/C21H26O4/c1-19(2)11-14-3-4-17(22)10-18(14)21(23-19)20(24-25-21)15-6-12-5-13(8-15)9-16(20)7-12/h3-4,10,12-13,15-16,22H,5-9,11H2,1-2H3. The second-order valence-corrected chi connectivity index (χ2v) is 9.76. The highest BCUT2D eigenvalue weighted by atomic mass is 17.3. The number of phenols is 1. The third-order valence-electron chi connectivity index (χ3n) is 7.65. The van der Waals surface area contributed by atoms with Crippen molar-refractivity contribution in [2.45, 2.75) is 69.4 Å². The van der Waals surface area contributed by atoms with Crippen molar-refractivity contribution in [1.29, 1.82) is 0 Å². The van der Waals surface area contributed by atoms with Crippen LogP contribution in [0.3, 0.4) is 0 Å².